The van der Waals surface area contributed by atoms with Crippen molar-refractivity contribution in [2.75, 3.05) is 0 Å². The van der Waals surface area contributed by atoms with Crippen LogP contribution in [-0.2, 0) is 20.6 Å². The maximum Gasteiger partial charge on any atom is 1.00 e. The molecule has 0 bridgehead atoms. The van der Waals surface area contributed by atoms with Gasteiger partial charge in [-0.15, -0.1) is 12.1 Å². The Morgan fingerprint density at radius 1 is 1.17 bits per heavy atom. The van der Waals surface area contributed by atoms with Crippen LogP contribution in [-0.4, -0.2) is 24.5 Å². The van der Waals surface area contributed by atoms with Gasteiger partial charge < -0.3 is 5.73 Å². The average Bonchev–Trinajstić information content (AvgIpc) is 3.07. The Hall–Kier alpha value is -1.16. The second kappa shape index (κ2) is 8.28. The molecule has 0 fully saturated rings. The molecule has 3 heterocycles. The zero-order valence-electron chi connectivity index (χ0n) is 13.9. The fourth-order valence-electron chi connectivity index (χ4n) is 2.31. The number of hydrogen-bond donors (Lipinski definition) is 1. The molecule has 0 saturated carbocycles. The van der Waals surface area contributed by atoms with E-state index in [-0.39, 0.29) is 57.2 Å². The summed E-state index contributed by atoms with van der Waals surface area (Å²) in [6, 6.07) is 7.33. The summed E-state index contributed by atoms with van der Waals surface area (Å²) in [6.45, 7) is 0.510. The molecule has 0 spiro atoms. The van der Waals surface area contributed by atoms with Crippen molar-refractivity contribution < 1.29 is 55.8 Å². The van der Waals surface area contributed by atoms with E-state index in [2.05, 4.69) is 21.2 Å². The molecule has 4 aromatic rings. The number of benzene rings is 1. The van der Waals surface area contributed by atoms with Crippen LogP contribution in [0.2, 0.25) is 0 Å². The number of nitrogens with two attached hydrogens (primary N) is 1. The maximum atomic E-state index is 12.5. The van der Waals surface area contributed by atoms with E-state index in [0.29, 0.717) is 12.1 Å². The SMILES string of the molecule is Cn1cc2c[c-]c(F)cc2n1.Cn1cc2nccc(CN)c2n1.[K+]. The van der Waals surface area contributed by atoms with Gasteiger partial charge in [-0.3, -0.25) is 14.3 Å². The van der Waals surface area contributed by atoms with Gasteiger partial charge in [0.25, 0.3) is 0 Å². The molecule has 0 radical (unpaired) electrons. The fourth-order valence-corrected chi connectivity index (χ4v) is 2.31. The largest absolute Gasteiger partial charge is 1.00 e. The van der Waals surface area contributed by atoms with Crippen LogP contribution in [0.3, 0.4) is 0 Å². The Balaban J connectivity index is 0.000000167. The second-order valence-electron chi connectivity index (χ2n) is 5.14. The van der Waals surface area contributed by atoms with Crippen LogP contribution in [0.25, 0.3) is 21.9 Å². The van der Waals surface area contributed by atoms with Gasteiger partial charge in [-0.2, -0.15) is 11.2 Å². The van der Waals surface area contributed by atoms with E-state index >= 15 is 0 Å². The third-order valence-corrected chi connectivity index (χ3v) is 3.34. The number of aryl methyl sites for hydroxylation is 2. The Labute approximate surface area is 181 Å². The molecular weight excluding hydrogens is 334 g/mol. The number of pyridine rings is 1. The van der Waals surface area contributed by atoms with Crippen molar-refractivity contribution in [3.63, 3.8) is 0 Å². The van der Waals surface area contributed by atoms with Crippen LogP contribution in [0.4, 0.5) is 4.39 Å². The minimum absolute atomic E-state index is 0. The topological polar surface area (TPSA) is 74.5 Å². The molecule has 0 aliphatic carbocycles. The zero-order chi connectivity index (χ0) is 16.4. The first-order chi connectivity index (χ1) is 11.1. The molecular formula is C16H16FKN6. The van der Waals surface area contributed by atoms with Gasteiger partial charge in [-0.05, 0) is 23.3 Å². The van der Waals surface area contributed by atoms with E-state index in [0.717, 1.165) is 22.0 Å². The van der Waals surface area contributed by atoms with Crippen LogP contribution in [0.15, 0.2) is 36.8 Å². The predicted molar refractivity (Wildman–Crippen MR) is 85.9 cm³/mol. The first kappa shape index (κ1) is 19.2. The number of nitrogens with zero attached hydrogens (tertiary/aromatic N) is 5. The van der Waals surface area contributed by atoms with Crippen molar-refractivity contribution in [2.45, 2.75) is 6.54 Å². The molecule has 0 unspecified atom stereocenters. The molecule has 0 aliphatic rings. The Morgan fingerprint density at radius 2 is 1.92 bits per heavy atom. The summed E-state index contributed by atoms with van der Waals surface area (Å²) in [7, 11) is 3.68. The zero-order valence-corrected chi connectivity index (χ0v) is 17.0. The molecule has 24 heavy (non-hydrogen) atoms. The molecule has 0 atom stereocenters. The predicted octanol–water partition coefficient (Wildman–Crippen LogP) is -1.06. The summed E-state index contributed by atoms with van der Waals surface area (Å²) >= 11 is 0. The quantitative estimate of drug-likeness (QED) is 0.351. The van der Waals surface area contributed by atoms with E-state index in [1.165, 1.54) is 6.07 Å². The molecule has 1 aromatic carbocycles. The summed E-state index contributed by atoms with van der Waals surface area (Å²) in [6.07, 6.45) is 5.46. The van der Waals surface area contributed by atoms with Gasteiger partial charge in [0.05, 0.1) is 6.20 Å². The van der Waals surface area contributed by atoms with Crippen molar-refractivity contribution in [1.29, 1.82) is 0 Å². The molecule has 6 nitrogen and oxygen atoms in total. The maximum absolute atomic E-state index is 12.5. The first-order valence-corrected chi connectivity index (χ1v) is 7.04. The number of halogens is 1. The van der Waals surface area contributed by atoms with Gasteiger partial charge in [0, 0.05) is 32.7 Å². The fraction of sp³-hybridized carbons (Fsp3) is 0.188. The summed E-state index contributed by atoms with van der Waals surface area (Å²) in [4.78, 5) is 4.17. The standard InChI is InChI=1S/C8H6FN2.C8H10N4.K/c1-11-5-6-2-3-7(9)4-8(6)10-11;1-12-5-7-8(11-12)6(4-9)2-3-10-7;/h2,4-5H,1H3;2-3,5H,4,9H2,1H3;/q-1;;+1. The minimum atomic E-state index is -0.365. The van der Waals surface area contributed by atoms with Gasteiger partial charge in [-0.25, -0.2) is 9.49 Å². The smallest absolute Gasteiger partial charge is 0.326 e. The van der Waals surface area contributed by atoms with Crippen molar-refractivity contribution in [1.82, 2.24) is 24.5 Å². The van der Waals surface area contributed by atoms with Gasteiger partial charge >= 0.3 is 51.4 Å². The summed E-state index contributed by atoms with van der Waals surface area (Å²) in [5.41, 5.74) is 9.07. The van der Waals surface area contributed by atoms with E-state index in [4.69, 9.17) is 5.73 Å². The van der Waals surface area contributed by atoms with Crippen LogP contribution < -0.4 is 57.1 Å². The van der Waals surface area contributed by atoms with Gasteiger partial charge in [-0.1, -0.05) is 5.39 Å². The third-order valence-electron chi connectivity index (χ3n) is 3.34. The Morgan fingerprint density at radius 3 is 2.67 bits per heavy atom. The van der Waals surface area contributed by atoms with Gasteiger partial charge in [0.1, 0.15) is 11.0 Å². The number of fused-ring (bicyclic) bond motifs is 2. The van der Waals surface area contributed by atoms with E-state index in [9.17, 15) is 4.39 Å². The molecule has 118 valence electrons. The van der Waals surface area contributed by atoms with E-state index < -0.39 is 0 Å². The molecule has 2 N–H and O–H groups in total. The Kier molecular flexibility index (Phi) is 6.61. The van der Waals surface area contributed by atoms with E-state index in [1.807, 2.05) is 25.5 Å². The molecule has 0 aliphatic heterocycles. The van der Waals surface area contributed by atoms with Gasteiger partial charge in [0.2, 0.25) is 0 Å². The molecule has 0 amide bonds. The first-order valence-electron chi connectivity index (χ1n) is 7.04. The van der Waals surface area contributed by atoms with Crippen LogP contribution in [0, 0.1) is 11.9 Å². The molecule has 3 aromatic heterocycles. The van der Waals surface area contributed by atoms with Crippen molar-refractivity contribution in [3.8, 4) is 0 Å². The monoisotopic (exact) mass is 350 g/mol. The van der Waals surface area contributed by atoms with Crippen molar-refractivity contribution in [2.24, 2.45) is 19.8 Å². The number of aromatic nitrogens is 5. The molecule has 4 rings (SSSR count). The Bertz CT molecular complexity index is 962. The van der Waals surface area contributed by atoms with Crippen LogP contribution in [0.5, 0.6) is 0 Å². The average molecular weight is 350 g/mol. The van der Waals surface area contributed by atoms with Crippen molar-refractivity contribution in [3.05, 3.63) is 54.2 Å². The van der Waals surface area contributed by atoms with Crippen LogP contribution >= 0.6 is 0 Å². The van der Waals surface area contributed by atoms with E-state index in [1.54, 1.807) is 28.7 Å². The summed E-state index contributed by atoms with van der Waals surface area (Å²) < 4.78 is 15.9. The second-order valence-corrected chi connectivity index (χ2v) is 5.14. The minimum Gasteiger partial charge on any atom is -0.326 e. The summed E-state index contributed by atoms with van der Waals surface area (Å²) in [5, 5.41) is 9.20. The van der Waals surface area contributed by atoms with Crippen LogP contribution in [0.1, 0.15) is 5.56 Å². The normalized spacial score (nSPS) is 10.3. The summed E-state index contributed by atoms with van der Waals surface area (Å²) in [5.74, 6) is -0.365. The van der Waals surface area contributed by atoms with Gasteiger partial charge in [0.15, 0.2) is 0 Å². The molecule has 0 saturated heterocycles. The molecule has 8 heteroatoms. The van der Waals surface area contributed by atoms with Crippen molar-refractivity contribution >= 4 is 21.9 Å². The third kappa shape index (κ3) is 4.27. The number of rotatable bonds is 1. The number of hydrogen-bond acceptors (Lipinski definition) is 4.